The summed E-state index contributed by atoms with van der Waals surface area (Å²) in [7, 11) is -3.71. The van der Waals surface area contributed by atoms with Gasteiger partial charge in [0.2, 0.25) is 0 Å². The van der Waals surface area contributed by atoms with Gasteiger partial charge in [0.15, 0.2) is 0 Å². The zero-order chi connectivity index (χ0) is 19.4. The van der Waals surface area contributed by atoms with Crippen LogP contribution in [0.3, 0.4) is 0 Å². The minimum atomic E-state index is -3.71. The number of anilines is 1. The van der Waals surface area contributed by atoms with E-state index in [0.717, 1.165) is 30.6 Å². The molecule has 0 radical (unpaired) electrons. The van der Waals surface area contributed by atoms with Gasteiger partial charge in [0, 0.05) is 25.2 Å². The lowest BCUT2D eigenvalue weighted by atomic mass is 10.1. The van der Waals surface area contributed by atoms with Gasteiger partial charge >= 0.3 is 0 Å². The molecule has 2 N–H and O–H groups in total. The van der Waals surface area contributed by atoms with Crippen LogP contribution in [-0.2, 0) is 10.0 Å². The average Bonchev–Trinajstić information content (AvgIpc) is 2.94. The van der Waals surface area contributed by atoms with Crippen molar-refractivity contribution in [2.24, 2.45) is 0 Å². The Balaban J connectivity index is 0.00000280. The molecule has 0 aromatic heterocycles. The maximum Gasteiger partial charge on any atom is 0.261 e. The Kier molecular flexibility index (Phi) is 7.46. The van der Waals surface area contributed by atoms with E-state index in [9.17, 15) is 13.2 Å². The summed E-state index contributed by atoms with van der Waals surface area (Å²) in [5, 5.41) is 3.26. The number of benzene rings is 2. The van der Waals surface area contributed by atoms with Crippen molar-refractivity contribution >= 4 is 34.0 Å². The predicted octanol–water partition coefficient (Wildman–Crippen LogP) is 2.96. The lowest BCUT2D eigenvalue weighted by Gasteiger charge is -2.20. The van der Waals surface area contributed by atoms with Gasteiger partial charge in [0.05, 0.1) is 10.6 Å². The molecule has 1 heterocycles. The molecular formula is C20H26ClN3O3S. The molecule has 0 saturated carbocycles. The smallest absolute Gasteiger partial charge is 0.261 e. The highest BCUT2D eigenvalue weighted by Gasteiger charge is 2.19. The van der Waals surface area contributed by atoms with Crippen molar-refractivity contribution in [3.63, 3.8) is 0 Å². The van der Waals surface area contributed by atoms with E-state index >= 15 is 0 Å². The maximum atomic E-state index is 12.7. The molecule has 152 valence electrons. The molecule has 0 bridgehead atoms. The van der Waals surface area contributed by atoms with Crippen LogP contribution in [0.25, 0.3) is 0 Å². The molecule has 0 aliphatic carbocycles. The molecule has 3 rings (SSSR count). The van der Waals surface area contributed by atoms with Gasteiger partial charge in [-0.25, -0.2) is 8.42 Å². The van der Waals surface area contributed by atoms with E-state index in [-0.39, 0.29) is 23.2 Å². The Labute approximate surface area is 172 Å². The van der Waals surface area contributed by atoms with Gasteiger partial charge in [0.1, 0.15) is 0 Å². The number of aryl methyl sites for hydroxylation is 1. The van der Waals surface area contributed by atoms with Crippen LogP contribution in [0.2, 0.25) is 0 Å². The topological polar surface area (TPSA) is 78.5 Å². The zero-order valence-electron chi connectivity index (χ0n) is 16.1. The summed E-state index contributed by atoms with van der Waals surface area (Å²) in [6.45, 7) is 6.87. The van der Waals surface area contributed by atoms with Crippen molar-refractivity contribution in [3.8, 4) is 0 Å². The summed E-state index contributed by atoms with van der Waals surface area (Å²) >= 11 is 0. The Bertz CT molecular complexity index is 922. The summed E-state index contributed by atoms with van der Waals surface area (Å²) in [5.74, 6) is -0.0647. The van der Waals surface area contributed by atoms with Gasteiger partial charge in [-0.2, -0.15) is 0 Å². The molecule has 0 spiro atoms. The van der Waals surface area contributed by atoms with E-state index in [2.05, 4.69) is 10.0 Å². The summed E-state index contributed by atoms with van der Waals surface area (Å²) < 4.78 is 28.0. The highest BCUT2D eigenvalue weighted by molar-refractivity contribution is 7.92. The fourth-order valence-corrected chi connectivity index (χ4v) is 4.20. The number of rotatable bonds is 4. The van der Waals surface area contributed by atoms with Gasteiger partial charge in [-0.15, -0.1) is 12.4 Å². The zero-order valence-corrected chi connectivity index (χ0v) is 17.7. The van der Waals surface area contributed by atoms with Crippen LogP contribution in [0.15, 0.2) is 47.4 Å². The highest BCUT2D eigenvalue weighted by atomic mass is 35.5. The maximum absolute atomic E-state index is 12.7. The van der Waals surface area contributed by atoms with Gasteiger partial charge < -0.3 is 10.2 Å². The Morgan fingerprint density at radius 1 is 1.04 bits per heavy atom. The number of hydrogen-bond acceptors (Lipinski definition) is 4. The summed E-state index contributed by atoms with van der Waals surface area (Å²) in [6, 6.07) is 11.6. The molecule has 6 nitrogen and oxygen atoms in total. The first-order valence-corrected chi connectivity index (χ1v) is 10.6. The number of sulfonamides is 1. The van der Waals surface area contributed by atoms with Gasteiger partial charge in [-0.3, -0.25) is 9.52 Å². The number of carbonyl (C=O) groups is 1. The predicted molar refractivity (Wildman–Crippen MR) is 114 cm³/mol. The molecule has 1 aliphatic heterocycles. The molecule has 2 aromatic carbocycles. The number of hydrogen-bond donors (Lipinski definition) is 2. The van der Waals surface area contributed by atoms with Crippen molar-refractivity contribution in [1.82, 2.24) is 10.2 Å². The molecule has 1 amide bonds. The standard InChI is InChI=1S/C20H25N3O3S.ClH/c1-15-5-3-6-19(16(15)2)22-27(25,26)18-9-7-17(8-10-18)20(24)23-13-4-11-21-12-14-23;/h3,5-10,21-22H,4,11-14H2,1-2H3;1H. The van der Waals surface area contributed by atoms with Crippen LogP contribution in [0, 0.1) is 13.8 Å². The van der Waals surface area contributed by atoms with Crippen LogP contribution in [-0.4, -0.2) is 45.4 Å². The summed E-state index contributed by atoms with van der Waals surface area (Å²) in [6.07, 6.45) is 0.915. The van der Waals surface area contributed by atoms with Crippen LogP contribution >= 0.6 is 12.4 Å². The van der Waals surface area contributed by atoms with Gasteiger partial charge in [0.25, 0.3) is 15.9 Å². The molecule has 1 fully saturated rings. The SMILES string of the molecule is Cc1cccc(NS(=O)(=O)c2ccc(C(=O)N3CCCNCC3)cc2)c1C.Cl. The minimum absolute atomic E-state index is 0. The third-order valence-corrected chi connectivity index (χ3v) is 6.27. The van der Waals surface area contributed by atoms with Crippen molar-refractivity contribution in [3.05, 3.63) is 59.2 Å². The van der Waals surface area contributed by atoms with Crippen molar-refractivity contribution in [2.45, 2.75) is 25.2 Å². The normalized spacial score (nSPS) is 14.7. The lowest BCUT2D eigenvalue weighted by molar-refractivity contribution is 0.0766. The number of carbonyl (C=O) groups excluding carboxylic acids is 1. The van der Waals surface area contributed by atoms with Crippen molar-refractivity contribution in [2.75, 3.05) is 30.9 Å². The second kappa shape index (κ2) is 9.41. The fourth-order valence-electron chi connectivity index (χ4n) is 3.07. The van der Waals surface area contributed by atoms with E-state index in [1.54, 1.807) is 23.1 Å². The van der Waals surface area contributed by atoms with Crippen molar-refractivity contribution in [1.29, 1.82) is 0 Å². The largest absolute Gasteiger partial charge is 0.337 e. The lowest BCUT2D eigenvalue weighted by Crippen LogP contribution is -2.34. The van der Waals surface area contributed by atoms with Gasteiger partial charge in [-0.1, -0.05) is 12.1 Å². The third-order valence-electron chi connectivity index (χ3n) is 4.89. The van der Waals surface area contributed by atoms with E-state index < -0.39 is 10.0 Å². The first-order chi connectivity index (χ1) is 12.9. The minimum Gasteiger partial charge on any atom is -0.337 e. The van der Waals surface area contributed by atoms with Crippen LogP contribution < -0.4 is 10.0 Å². The molecule has 1 saturated heterocycles. The van der Waals surface area contributed by atoms with E-state index in [0.29, 0.717) is 24.3 Å². The second-order valence-corrected chi connectivity index (χ2v) is 8.46. The summed E-state index contributed by atoms with van der Waals surface area (Å²) in [4.78, 5) is 14.6. The molecule has 1 aliphatic rings. The molecular weight excluding hydrogens is 398 g/mol. The third kappa shape index (κ3) is 5.04. The second-order valence-electron chi connectivity index (χ2n) is 6.77. The van der Waals surface area contributed by atoms with E-state index in [1.165, 1.54) is 12.1 Å². The first-order valence-electron chi connectivity index (χ1n) is 9.07. The number of nitrogens with zero attached hydrogens (tertiary/aromatic N) is 1. The fraction of sp³-hybridized carbons (Fsp3) is 0.350. The first kappa shape index (κ1) is 22.2. The average molecular weight is 424 g/mol. The Morgan fingerprint density at radius 2 is 1.75 bits per heavy atom. The van der Waals surface area contributed by atoms with Crippen LogP contribution in [0.1, 0.15) is 27.9 Å². The molecule has 0 unspecified atom stereocenters. The molecule has 28 heavy (non-hydrogen) atoms. The quantitative estimate of drug-likeness (QED) is 0.792. The van der Waals surface area contributed by atoms with Crippen LogP contribution in [0.5, 0.6) is 0 Å². The number of halogens is 1. The number of amides is 1. The molecule has 0 atom stereocenters. The Morgan fingerprint density at radius 3 is 2.46 bits per heavy atom. The summed E-state index contributed by atoms with van der Waals surface area (Å²) in [5.41, 5.74) is 2.97. The highest BCUT2D eigenvalue weighted by Crippen LogP contribution is 2.22. The number of nitrogens with one attached hydrogen (secondary N) is 2. The van der Waals surface area contributed by atoms with Gasteiger partial charge in [-0.05, 0) is 68.3 Å². The van der Waals surface area contributed by atoms with E-state index in [4.69, 9.17) is 0 Å². The van der Waals surface area contributed by atoms with E-state index in [1.807, 2.05) is 26.0 Å². The Hall–Kier alpha value is -2.09. The molecule has 2 aromatic rings. The molecule has 8 heteroatoms. The monoisotopic (exact) mass is 423 g/mol. The van der Waals surface area contributed by atoms with Crippen molar-refractivity contribution < 1.29 is 13.2 Å². The van der Waals surface area contributed by atoms with Crippen LogP contribution in [0.4, 0.5) is 5.69 Å².